The summed E-state index contributed by atoms with van der Waals surface area (Å²) in [6.07, 6.45) is 2.93. The predicted octanol–water partition coefficient (Wildman–Crippen LogP) is 1.57. The van der Waals surface area contributed by atoms with E-state index < -0.39 is 0 Å². The Labute approximate surface area is 120 Å². The van der Waals surface area contributed by atoms with E-state index in [1.54, 1.807) is 7.11 Å². The molecule has 0 radical (unpaired) electrons. The van der Waals surface area contributed by atoms with Gasteiger partial charge in [0.15, 0.2) is 0 Å². The van der Waals surface area contributed by atoms with Gasteiger partial charge in [-0.15, -0.1) is 0 Å². The van der Waals surface area contributed by atoms with Gasteiger partial charge in [-0.25, -0.2) is 0 Å². The summed E-state index contributed by atoms with van der Waals surface area (Å²) in [5.41, 5.74) is 8.14. The van der Waals surface area contributed by atoms with Crippen LogP contribution < -0.4 is 5.73 Å². The lowest BCUT2D eigenvalue weighted by molar-refractivity contribution is -0.134. The lowest BCUT2D eigenvalue weighted by Gasteiger charge is -2.23. The van der Waals surface area contributed by atoms with Crippen LogP contribution in [0.25, 0.3) is 0 Å². The maximum absolute atomic E-state index is 12.5. The molecule has 0 aromatic heterocycles. The second-order valence-corrected chi connectivity index (χ2v) is 5.37. The van der Waals surface area contributed by atoms with E-state index in [0.717, 1.165) is 37.1 Å². The maximum Gasteiger partial charge on any atom is 0.227 e. The maximum atomic E-state index is 12.5. The van der Waals surface area contributed by atoms with Crippen LogP contribution in [0.3, 0.4) is 0 Å². The van der Waals surface area contributed by atoms with Gasteiger partial charge in [0.1, 0.15) is 0 Å². The predicted molar refractivity (Wildman–Crippen MR) is 79.2 cm³/mol. The smallest absolute Gasteiger partial charge is 0.227 e. The number of rotatable bonds is 6. The monoisotopic (exact) mass is 276 g/mol. The highest BCUT2D eigenvalue weighted by atomic mass is 16.5. The summed E-state index contributed by atoms with van der Waals surface area (Å²) in [6.45, 7) is 2.74. The molecule has 1 aromatic carbocycles. The third-order valence-corrected chi connectivity index (χ3v) is 3.94. The minimum atomic E-state index is -0.119. The second-order valence-electron chi connectivity index (χ2n) is 5.37. The van der Waals surface area contributed by atoms with E-state index in [1.165, 1.54) is 0 Å². The van der Waals surface area contributed by atoms with E-state index in [0.29, 0.717) is 19.6 Å². The summed E-state index contributed by atoms with van der Waals surface area (Å²) in [7, 11) is 1.69. The molecule has 1 aliphatic rings. The molecule has 20 heavy (non-hydrogen) atoms. The molecular formula is C16H24N2O2. The first-order chi connectivity index (χ1) is 9.76. The molecule has 110 valence electrons. The van der Waals surface area contributed by atoms with Gasteiger partial charge < -0.3 is 15.4 Å². The zero-order valence-corrected chi connectivity index (χ0v) is 12.2. The number of nitrogens with two attached hydrogens (primary N) is 1. The lowest BCUT2D eigenvalue weighted by atomic mass is 9.94. The van der Waals surface area contributed by atoms with Crippen molar-refractivity contribution in [1.29, 1.82) is 0 Å². The highest BCUT2D eigenvalue weighted by Crippen LogP contribution is 2.18. The normalized spacial score (nSPS) is 16.4. The number of nitrogens with zero attached hydrogens (tertiary/aromatic N) is 1. The van der Waals surface area contributed by atoms with Crippen molar-refractivity contribution in [3.05, 3.63) is 35.4 Å². The van der Waals surface area contributed by atoms with Crippen molar-refractivity contribution in [2.24, 2.45) is 11.7 Å². The van der Waals surface area contributed by atoms with Crippen LogP contribution in [-0.4, -0.2) is 37.6 Å². The summed E-state index contributed by atoms with van der Waals surface area (Å²) in [6, 6.07) is 8.11. The molecule has 2 rings (SSSR count). The van der Waals surface area contributed by atoms with Gasteiger partial charge in [0, 0.05) is 26.7 Å². The molecule has 0 saturated carbocycles. The molecule has 4 nitrogen and oxygen atoms in total. The van der Waals surface area contributed by atoms with Crippen molar-refractivity contribution < 1.29 is 9.53 Å². The van der Waals surface area contributed by atoms with Gasteiger partial charge in [-0.2, -0.15) is 0 Å². The third-order valence-electron chi connectivity index (χ3n) is 3.94. The Hall–Kier alpha value is -1.39. The summed E-state index contributed by atoms with van der Waals surface area (Å²) in [5.74, 6) is 0.0864. The van der Waals surface area contributed by atoms with Gasteiger partial charge in [0.05, 0.1) is 12.5 Å². The average molecular weight is 276 g/mol. The van der Waals surface area contributed by atoms with Gasteiger partial charge in [0.2, 0.25) is 5.91 Å². The van der Waals surface area contributed by atoms with Crippen molar-refractivity contribution in [3.63, 3.8) is 0 Å². The van der Waals surface area contributed by atoms with E-state index in [1.807, 2.05) is 23.1 Å². The van der Waals surface area contributed by atoms with Crippen LogP contribution in [0.1, 0.15) is 24.0 Å². The molecule has 0 spiro atoms. The number of hydrogen-bond acceptors (Lipinski definition) is 3. The molecule has 1 heterocycles. The number of carbonyl (C=O) groups is 1. The molecule has 1 amide bonds. The highest BCUT2D eigenvalue weighted by Gasteiger charge is 2.26. The van der Waals surface area contributed by atoms with E-state index in [4.69, 9.17) is 10.5 Å². The molecule has 0 bridgehead atoms. The number of amides is 1. The highest BCUT2D eigenvalue weighted by molar-refractivity contribution is 5.79. The van der Waals surface area contributed by atoms with Crippen LogP contribution in [0, 0.1) is 5.92 Å². The Morgan fingerprint density at radius 1 is 1.30 bits per heavy atom. The van der Waals surface area contributed by atoms with Gasteiger partial charge >= 0.3 is 0 Å². The topological polar surface area (TPSA) is 55.6 Å². The van der Waals surface area contributed by atoms with E-state index in [-0.39, 0.29) is 11.8 Å². The Morgan fingerprint density at radius 3 is 2.55 bits per heavy atom. The number of methoxy groups -OCH3 is 1. The van der Waals surface area contributed by atoms with Crippen LogP contribution in [-0.2, 0) is 22.6 Å². The summed E-state index contributed by atoms with van der Waals surface area (Å²) < 4.78 is 5.22. The first-order valence-corrected chi connectivity index (χ1v) is 7.30. The summed E-state index contributed by atoms with van der Waals surface area (Å²) in [4.78, 5) is 14.4. The van der Waals surface area contributed by atoms with Crippen LogP contribution in [0.4, 0.5) is 0 Å². The number of carbonyl (C=O) groups excluding carboxylic acids is 1. The fraction of sp³-hybridized carbons (Fsp3) is 0.562. The zero-order valence-electron chi connectivity index (χ0n) is 12.2. The van der Waals surface area contributed by atoms with Crippen LogP contribution in [0.2, 0.25) is 0 Å². The van der Waals surface area contributed by atoms with Crippen molar-refractivity contribution in [2.45, 2.75) is 25.9 Å². The van der Waals surface area contributed by atoms with Crippen molar-refractivity contribution >= 4 is 5.91 Å². The molecule has 1 atom stereocenters. The van der Waals surface area contributed by atoms with E-state index in [2.05, 4.69) is 6.07 Å². The van der Waals surface area contributed by atoms with E-state index in [9.17, 15) is 4.79 Å². The molecule has 4 heteroatoms. The number of benzene rings is 1. The largest absolute Gasteiger partial charge is 0.380 e. The molecular weight excluding hydrogens is 252 g/mol. The second kappa shape index (κ2) is 7.41. The fourth-order valence-corrected chi connectivity index (χ4v) is 2.79. The first kappa shape index (κ1) is 15.0. The number of likely N-dealkylation sites (tertiary alicyclic amines) is 1. The fourth-order valence-electron chi connectivity index (χ4n) is 2.79. The standard InChI is InChI=1S/C16H24N2O2/c1-20-12-14-7-3-2-6-13(14)10-15(11-17)16(19)18-8-4-5-9-18/h2-3,6-7,15H,4-5,8-12,17H2,1H3. The van der Waals surface area contributed by atoms with Crippen molar-refractivity contribution in [3.8, 4) is 0 Å². The molecule has 0 aliphatic carbocycles. The van der Waals surface area contributed by atoms with Gasteiger partial charge in [0.25, 0.3) is 0 Å². The molecule has 1 aliphatic heterocycles. The Bertz CT molecular complexity index is 442. The molecule has 2 N–H and O–H groups in total. The minimum absolute atomic E-state index is 0.119. The van der Waals surface area contributed by atoms with Crippen molar-refractivity contribution in [1.82, 2.24) is 4.90 Å². The number of hydrogen-bond donors (Lipinski definition) is 1. The van der Waals surface area contributed by atoms with Gasteiger partial charge in [-0.05, 0) is 30.4 Å². The Kier molecular flexibility index (Phi) is 5.56. The minimum Gasteiger partial charge on any atom is -0.380 e. The molecule has 1 aromatic rings. The summed E-state index contributed by atoms with van der Waals surface area (Å²) >= 11 is 0. The van der Waals surface area contributed by atoms with E-state index >= 15 is 0 Å². The SMILES string of the molecule is COCc1ccccc1CC(CN)C(=O)N1CCCC1. The van der Waals surface area contributed by atoms with Gasteiger partial charge in [-0.3, -0.25) is 4.79 Å². The molecule has 1 unspecified atom stereocenters. The van der Waals surface area contributed by atoms with Gasteiger partial charge in [-0.1, -0.05) is 24.3 Å². The molecule has 1 fully saturated rings. The van der Waals surface area contributed by atoms with Crippen LogP contribution in [0.15, 0.2) is 24.3 Å². The van der Waals surface area contributed by atoms with Crippen LogP contribution in [0.5, 0.6) is 0 Å². The molecule has 1 saturated heterocycles. The average Bonchev–Trinajstić information content (AvgIpc) is 3.00. The Morgan fingerprint density at radius 2 is 1.95 bits per heavy atom. The lowest BCUT2D eigenvalue weighted by Crippen LogP contribution is -2.38. The number of ether oxygens (including phenoxy) is 1. The zero-order chi connectivity index (χ0) is 14.4. The Balaban J connectivity index is 2.07. The summed E-state index contributed by atoms with van der Waals surface area (Å²) in [5, 5.41) is 0. The quantitative estimate of drug-likeness (QED) is 0.858. The van der Waals surface area contributed by atoms with Crippen LogP contribution >= 0.6 is 0 Å². The first-order valence-electron chi connectivity index (χ1n) is 7.30. The third kappa shape index (κ3) is 3.58. The van der Waals surface area contributed by atoms with Crippen molar-refractivity contribution in [2.75, 3.05) is 26.7 Å².